The van der Waals surface area contributed by atoms with Gasteiger partial charge in [0.2, 0.25) is 11.6 Å². The molecule has 3 aromatic rings. The van der Waals surface area contributed by atoms with Gasteiger partial charge in [-0.3, -0.25) is 4.98 Å². The van der Waals surface area contributed by atoms with E-state index in [-0.39, 0.29) is 11.9 Å². The van der Waals surface area contributed by atoms with Crippen LogP contribution in [0, 0.1) is 0 Å². The fraction of sp³-hybridized carbons (Fsp3) is 0.375. The largest absolute Gasteiger partial charge is 0.502 e. The Morgan fingerprint density at radius 1 is 1.45 bits per heavy atom. The topological polar surface area (TPSA) is 60.2 Å². The number of ether oxygens (including phenoxy) is 1. The zero-order valence-corrected chi connectivity index (χ0v) is 13.7. The van der Waals surface area contributed by atoms with Gasteiger partial charge in [0.1, 0.15) is 15.4 Å². The molecule has 0 aliphatic heterocycles. The molecule has 1 atom stereocenters. The molecule has 0 saturated carbocycles. The van der Waals surface area contributed by atoms with Crippen LogP contribution in [0.1, 0.15) is 26.7 Å². The van der Waals surface area contributed by atoms with E-state index in [0.29, 0.717) is 11.4 Å². The number of thiazole rings is 1. The molecule has 0 spiro atoms. The first-order chi connectivity index (χ1) is 10.6. The summed E-state index contributed by atoms with van der Waals surface area (Å²) in [4.78, 5) is 9.55. The molecule has 3 aromatic heterocycles. The van der Waals surface area contributed by atoms with Crippen LogP contribution in [-0.4, -0.2) is 25.7 Å². The Morgan fingerprint density at radius 2 is 2.27 bits per heavy atom. The lowest BCUT2D eigenvalue weighted by atomic mass is 10.2. The van der Waals surface area contributed by atoms with Gasteiger partial charge in [-0.15, -0.1) is 0 Å². The van der Waals surface area contributed by atoms with Gasteiger partial charge in [-0.1, -0.05) is 24.7 Å². The van der Waals surface area contributed by atoms with Crippen molar-refractivity contribution in [3.8, 4) is 22.2 Å². The summed E-state index contributed by atoms with van der Waals surface area (Å²) >= 11 is 1.52. The molecule has 5 nitrogen and oxygen atoms in total. The zero-order chi connectivity index (χ0) is 15.7. The van der Waals surface area contributed by atoms with Crippen LogP contribution < -0.4 is 4.74 Å². The van der Waals surface area contributed by atoms with Crippen LogP contribution in [0.4, 0.5) is 0 Å². The normalized spacial score (nSPS) is 12.7. The first-order valence-electron chi connectivity index (χ1n) is 7.37. The van der Waals surface area contributed by atoms with Crippen molar-refractivity contribution in [3.05, 3.63) is 24.5 Å². The number of aromatic nitrogens is 3. The highest BCUT2D eigenvalue weighted by atomic mass is 32.1. The lowest BCUT2D eigenvalue weighted by Crippen LogP contribution is -2.13. The lowest BCUT2D eigenvalue weighted by Gasteiger charge is -2.14. The van der Waals surface area contributed by atoms with Crippen molar-refractivity contribution >= 4 is 21.7 Å². The molecular weight excluding hydrogens is 298 g/mol. The Balaban J connectivity index is 2.00. The first kappa shape index (κ1) is 14.8. The Kier molecular flexibility index (Phi) is 4.02. The number of aromatic hydroxyl groups is 1. The monoisotopic (exact) mass is 317 g/mol. The molecule has 3 rings (SSSR count). The Morgan fingerprint density at radius 3 is 2.91 bits per heavy atom. The van der Waals surface area contributed by atoms with E-state index in [1.807, 2.05) is 30.7 Å². The summed E-state index contributed by atoms with van der Waals surface area (Å²) in [5.41, 5.74) is 1.54. The fourth-order valence-electron chi connectivity index (χ4n) is 2.45. The van der Waals surface area contributed by atoms with Gasteiger partial charge in [0, 0.05) is 25.0 Å². The Labute approximate surface area is 133 Å². The van der Waals surface area contributed by atoms with Crippen molar-refractivity contribution < 1.29 is 9.84 Å². The smallest absolute Gasteiger partial charge is 0.240 e. The van der Waals surface area contributed by atoms with Crippen molar-refractivity contribution in [1.82, 2.24) is 14.5 Å². The van der Waals surface area contributed by atoms with Gasteiger partial charge in [0.05, 0.1) is 6.10 Å². The number of hydrogen-bond donors (Lipinski definition) is 1. The van der Waals surface area contributed by atoms with Gasteiger partial charge in [-0.05, 0) is 25.5 Å². The molecule has 0 bridgehead atoms. The summed E-state index contributed by atoms with van der Waals surface area (Å²) in [5, 5.41) is 11.3. The van der Waals surface area contributed by atoms with Crippen molar-refractivity contribution in [2.45, 2.75) is 32.8 Å². The van der Waals surface area contributed by atoms with E-state index in [1.54, 1.807) is 12.4 Å². The molecular formula is C16H19N3O2S. The predicted octanol–water partition coefficient (Wildman–Crippen LogP) is 3.97. The van der Waals surface area contributed by atoms with Gasteiger partial charge >= 0.3 is 0 Å². The molecule has 1 N–H and O–H groups in total. The third-order valence-electron chi connectivity index (χ3n) is 3.56. The van der Waals surface area contributed by atoms with Crippen molar-refractivity contribution in [3.63, 3.8) is 0 Å². The molecule has 0 aliphatic rings. The molecule has 0 fully saturated rings. The summed E-state index contributed by atoms with van der Waals surface area (Å²) in [6.07, 6.45) is 5.57. The molecule has 6 heteroatoms. The standard InChI is InChI=1S/C16H19N3O2S/c1-4-6-10(2)21-15-13(20)12-16(19(15)3)22-14(18-12)11-7-5-8-17-9-11/h5,7-10,20H,4,6H2,1-3H3. The summed E-state index contributed by atoms with van der Waals surface area (Å²) in [6.45, 7) is 4.13. The number of pyridine rings is 1. The van der Waals surface area contributed by atoms with E-state index >= 15 is 0 Å². The van der Waals surface area contributed by atoms with Crippen LogP contribution in [0.25, 0.3) is 20.9 Å². The van der Waals surface area contributed by atoms with E-state index < -0.39 is 0 Å². The minimum atomic E-state index is 0.0661. The molecule has 22 heavy (non-hydrogen) atoms. The SMILES string of the molecule is CCCC(C)Oc1c(O)c2nc(-c3cccnc3)sc2n1C. The number of nitrogens with zero attached hydrogens (tertiary/aromatic N) is 3. The van der Waals surface area contributed by atoms with Crippen molar-refractivity contribution in [2.24, 2.45) is 7.05 Å². The average Bonchev–Trinajstić information content (AvgIpc) is 3.05. The second-order valence-corrected chi connectivity index (χ2v) is 6.32. The second-order valence-electron chi connectivity index (χ2n) is 5.34. The number of hydrogen-bond acceptors (Lipinski definition) is 5. The molecule has 0 amide bonds. The molecule has 0 saturated heterocycles. The van der Waals surface area contributed by atoms with Crippen molar-refractivity contribution in [1.29, 1.82) is 0 Å². The third-order valence-corrected chi connectivity index (χ3v) is 4.74. The Hall–Kier alpha value is -2.08. The highest BCUT2D eigenvalue weighted by Crippen LogP contribution is 2.42. The van der Waals surface area contributed by atoms with Gasteiger partial charge in [0.25, 0.3) is 0 Å². The molecule has 0 aliphatic carbocycles. The molecule has 0 radical (unpaired) electrons. The third kappa shape index (κ3) is 2.54. The van der Waals surface area contributed by atoms with Gasteiger partial charge in [-0.25, -0.2) is 4.98 Å². The molecule has 0 aromatic carbocycles. The van der Waals surface area contributed by atoms with E-state index in [1.165, 1.54) is 11.3 Å². The van der Waals surface area contributed by atoms with E-state index in [2.05, 4.69) is 16.9 Å². The summed E-state index contributed by atoms with van der Waals surface area (Å²) in [6, 6.07) is 3.84. The fourth-order valence-corrected chi connectivity index (χ4v) is 3.47. The summed E-state index contributed by atoms with van der Waals surface area (Å²) in [7, 11) is 1.89. The maximum Gasteiger partial charge on any atom is 0.240 e. The van der Waals surface area contributed by atoms with Gasteiger partial charge in [0.15, 0.2) is 0 Å². The minimum Gasteiger partial charge on any atom is -0.502 e. The van der Waals surface area contributed by atoms with Crippen molar-refractivity contribution in [2.75, 3.05) is 0 Å². The molecule has 116 valence electrons. The first-order valence-corrected chi connectivity index (χ1v) is 8.18. The van der Waals surface area contributed by atoms with Gasteiger partial charge < -0.3 is 14.4 Å². The highest BCUT2D eigenvalue weighted by Gasteiger charge is 2.22. The van der Waals surface area contributed by atoms with Crippen LogP contribution >= 0.6 is 11.3 Å². The zero-order valence-electron chi connectivity index (χ0n) is 12.9. The maximum absolute atomic E-state index is 10.4. The van der Waals surface area contributed by atoms with Crippen LogP contribution in [0.15, 0.2) is 24.5 Å². The van der Waals surface area contributed by atoms with Crippen LogP contribution in [0.5, 0.6) is 11.6 Å². The van der Waals surface area contributed by atoms with Crippen LogP contribution in [-0.2, 0) is 7.05 Å². The maximum atomic E-state index is 10.4. The van der Waals surface area contributed by atoms with E-state index in [4.69, 9.17) is 4.74 Å². The van der Waals surface area contributed by atoms with E-state index in [9.17, 15) is 5.11 Å². The average molecular weight is 317 g/mol. The number of rotatable bonds is 5. The quantitative estimate of drug-likeness (QED) is 0.773. The van der Waals surface area contributed by atoms with Crippen LogP contribution in [0.2, 0.25) is 0 Å². The predicted molar refractivity (Wildman–Crippen MR) is 88.5 cm³/mol. The second kappa shape index (κ2) is 5.96. The van der Waals surface area contributed by atoms with E-state index in [0.717, 1.165) is 28.2 Å². The summed E-state index contributed by atoms with van der Waals surface area (Å²) in [5.74, 6) is 0.610. The molecule has 3 heterocycles. The highest BCUT2D eigenvalue weighted by molar-refractivity contribution is 7.21. The van der Waals surface area contributed by atoms with Gasteiger partial charge in [-0.2, -0.15) is 0 Å². The minimum absolute atomic E-state index is 0.0661. The number of aryl methyl sites for hydroxylation is 1. The summed E-state index contributed by atoms with van der Waals surface area (Å²) < 4.78 is 7.74. The molecule has 1 unspecified atom stereocenters. The van der Waals surface area contributed by atoms with Crippen LogP contribution in [0.3, 0.4) is 0 Å². The Bertz CT molecular complexity index is 742. The lowest BCUT2D eigenvalue weighted by molar-refractivity contribution is 0.188. The number of fused-ring (bicyclic) bond motifs is 1.